The van der Waals surface area contributed by atoms with Crippen molar-refractivity contribution < 1.29 is 27.5 Å². The van der Waals surface area contributed by atoms with E-state index in [-0.39, 0.29) is 34.1 Å². The lowest BCUT2D eigenvalue weighted by Gasteiger charge is -2.09. The molecule has 0 unspecified atom stereocenters. The molecule has 0 saturated heterocycles. The number of hydrogen-bond acceptors (Lipinski definition) is 6. The van der Waals surface area contributed by atoms with Gasteiger partial charge in [0.2, 0.25) is 5.91 Å². The first-order chi connectivity index (χ1) is 15.2. The van der Waals surface area contributed by atoms with Crippen molar-refractivity contribution >= 4 is 52.6 Å². The minimum Gasteiger partial charge on any atom is -0.463 e. The maximum absolute atomic E-state index is 13.0. The van der Waals surface area contributed by atoms with Crippen molar-refractivity contribution in [2.75, 3.05) is 17.7 Å². The Labute approximate surface area is 189 Å². The first-order valence-electron chi connectivity index (χ1n) is 9.16. The van der Waals surface area contributed by atoms with Gasteiger partial charge in [0.15, 0.2) is 10.8 Å². The van der Waals surface area contributed by atoms with E-state index in [9.17, 15) is 22.8 Å². The Kier molecular flexibility index (Phi) is 7.41. The maximum Gasteiger partial charge on any atom is 0.417 e. The molecule has 2 aromatic heterocycles. The molecule has 3 aromatic rings. The number of hydrogen-bond donors (Lipinski definition) is 1. The molecule has 0 spiro atoms. The van der Waals surface area contributed by atoms with Gasteiger partial charge in [-0.2, -0.15) is 13.2 Å². The predicted octanol–water partition coefficient (Wildman–Crippen LogP) is 4.71. The fraction of sp³-hybridized carbons (Fsp3) is 0.200. The number of anilines is 1. The number of ether oxygens (including phenoxy) is 1. The number of carbonyl (C=O) groups excluding carboxylic acids is 2. The molecule has 0 saturated carbocycles. The van der Waals surface area contributed by atoms with Gasteiger partial charge in [-0.25, -0.2) is 4.79 Å². The molecule has 0 radical (unpaired) electrons. The molecule has 0 aliphatic rings. The Hall–Kier alpha value is -3.05. The molecule has 3 rings (SSSR count). The van der Waals surface area contributed by atoms with Crippen LogP contribution in [0.25, 0.3) is 11.7 Å². The van der Waals surface area contributed by atoms with Crippen LogP contribution in [0, 0.1) is 0 Å². The molecular formula is C20H16ClF3N4O3S. The zero-order chi connectivity index (χ0) is 23.3. The predicted molar refractivity (Wildman–Crippen MR) is 114 cm³/mol. The van der Waals surface area contributed by atoms with E-state index in [1.165, 1.54) is 6.08 Å². The highest BCUT2D eigenvalue weighted by Crippen LogP contribution is 2.33. The summed E-state index contributed by atoms with van der Waals surface area (Å²) in [5.74, 6) is -0.953. The highest BCUT2D eigenvalue weighted by atomic mass is 35.5. The summed E-state index contributed by atoms with van der Waals surface area (Å²) < 4.78 is 45.0. The zero-order valence-electron chi connectivity index (χ0n) is 16.5. The summed E-state index contributed by atoms with van der Waals surface area (Å²) in [6.45, 7) is 2.00. The van der Waals surface area contributed by atoms with Crippen LogP contribution in [0.4, 0.5) is 18.9 Å². The molecule has 168 valence electrons. The summed E-state index contributed by atoms with van der Waals surface area (Å²) in [5, 5.41) is 10.2. The summed E-state index contributed by atoms with van der Waals surface area (Å²) in [4.78, 5) is 23.6. The van der Waals surface area contributed by atoms with Crippen LogP contribution in [0.1, 0.15) is 18.1 Å². The second kappa shape index (κ2) is 10.0. The number of esters is 1. The number of halogens is 4. The topological polar surface area (TPSA) is 85.6 Å². The number of thioether (sulfide) groups is 1. The fourth-order valence-corrected chi connectivity index (χ4v) is 3.50. The molecule has 0 atom stereocenters. The summed E-state index contributed by atoms with van der Waals surface area (Å²) in [7, 11) is 0. The van der Waals surface area contributed by atoms with E-state index in [1.807, 2.05) is 0 Å². The van der Waals surface area contributed by atoms with Crippen LogP contribution in [-0.2, 0) is 20.5 Å². The van der Waals surface area contributed by atoms with Crippen molar-refractivity contribution in [2.24, 2.45) is 0 Å². The molecule has 12 heteroatoms. The average molecular weight is 485 g/mol. The number of nitrogens with one attached hydrogen (secondary N) is 1. The highest BCUT2D eigenvalue weighted by Gasteiger charge is 2.32. The summed E-state index contributed by atoms with van der Waals surface area (Å²) in [6.07, 6.45) is -0.869. The SMILES string of the molecule is CCOC(=O)C=Cc1ccc(NC(=O)CSc2nnc3c(Cl)cc(C(F)(F)F)cn23)cc1. The third-order valence-electron chi connectivity index (χ3n) is 3.98. The third-order valence-corrected chi connectivity index (χ3v) is 5.20. The van der Waals surface area contributed by atoms with Gasteiger partial charge in [-0.15, -0.1) is 10.2 Å². The molecular weight excluding hydrogens is 469 g/mol. The largest absolute Gasteiger partial charge is 0.463 e. The minimum atomic E-state index is -4.58. The second-order valence-corrected chi connectivity index (χ2v) is 7.64. The number of carbonyl (C=O) groups is 2. The Balaban J connectivity index is 1.62. The maximum atomic E-state index is 13.0. The molecule has 2 heterocycles. The molecule has 32 heavy (non-hydrogen) atoms. The molecule has 0 bridgehead atoms. The van der Waals surface area contributed by atoms with E-state index in [4.69, 9.17) is 16.3 Å². The number of nitrogens with zero attached hydrogens (tertiary/aromatic N) is 3. The van der Waals surface area contributed by atoms with Crippen LogP contribution in [0.2, 0.25) is 5.02 Å². The van der Waals surface area contributed by atoms with Gasteiger partial charge < -0.3 is 10.1 Å². The van der Waals surface area contributed by atoms with Crippen molar-refractivity contribution in [3.05, 3.63) is 58.8 Å². The average Bonchev–Trinajstić information content (AvgIpc) is 3.15. The van der Waals surface area contributed by atoms with Crippen LogP contribution >= 0.6 is 23.4 Å². The molecule has 7 nitrogen and oxygen atoms in total. The minimum absolute atomic E-state index is 0.0639. The van der Waals surface area contributed by atoms with E-state index in [0.29, 0.717) is 5.69 Å². The van der Waals surface area contributed by atoms with E-state index < -0.39 is 17.7 Å². The fourth-order valence-electron chi connectivity index (χ4n) is 2.55. The van der Waals surface area contributed by atoms with E-state index in [2.05, 4.69) is 15.5 Å². The second-order valence-electron chi connectivity index (χ2n) is 6.29. The number of rotatable bonds is 7. The van der Waals surface area contributed by atoms with Crippen molar-refractivity contribution in [2.45, 2.75) is 18.3 Å². The molecule has 1 N–H and O–H groups in total. The molecule has 0 aliphatic heterocycles. The van der Waals surface area contributed by atoms with Gasteiger partial charge in [-0.05, 0) is 36.8 Å². The van der Waals surface area contributed by atoms with Gasteiger partial charge in [0.1, 0.15) is 0 Å². The van der Waals surface area contributed by atoms with Crippen LogP contribution < -0.4 is 5.32 Å². The summed E-state index contributed by atoms with van der Waals surface area (Å²) in [5.41, 5.74) is 0.363. The lowest BCUT2D eigenvalue weighted by Crippen LogP contribution is -2.14. The molecule has 1 aromatic carbocycles. The van der Waals surface area contributed by atoms with Crippen molar-refractivity contribution in [1.29, 1.82) is 0 Å². The van der Waals surface area contributed by atoms with E-state index in [1.54, 1.807) is 37.3 Å². The third kappa shape index (κ3) is 6.01. The number of pyridine rings is 1. The Morgan fingerprint density at radius 2 is 1.97 bits per heavy atom. The Morgan fingerprint density at radius 3 is 2.62 bits per heavy atom. The first kappa shape index (κ1) is 23.6. The standard InChI is InChI=1S/C20H16ClF3N4O3S/c1-2-31-17(30)8-5-12-3-6-14(7-4-12)25-16(29)11-32-19-27-26-18-15(21)9-13(10-28(18)19)20(22,23)24/h3-10H,2,11H2,1H3,(H,25,29). The quantitative estimate of drug-likeness (QED) is 0.297. The van der Waals surface area contributed by atoms with E-state index in [0.717, 1.165) is 34.0 Å². The monoisotopic (exact) mass is 484 g/mol. The van der Waals surface area contributed by atoms with E-state index >= 15 is 0 Å². The van der Waals surface area contributed by atoms with Crippen molar-refractivity contribution in [3.63, 3.8) is 0 Å². The number of benzene rings is 1. The van der Waals surface area contributed by atoms with Crippen molar-refractivity contribution in [3.8, 4) is 0 Å². The van der Waals surface area contributed by atoms with Gasteiger partial charge in [0.05, 0.1) is 22.9 Å². The van der Waals surface area contributed by atoms with Crippen LogP contribution in [-0.4, -0.2) is 38.8 Å². The number of alkyl halides is 3. The van der Waals surface area contributed by atoms with Crippen LogP contribution in [0.15, 0.2) is 47.8 Å². The molecule has 0 fully saturated rings. The molecule has 0 aliphatic carbocycles. The number of fused-ring (bicyclic) bond motifs is 1. The Bertz CT molecular complexity index is 1160. The number of amides is 1. The van der Waals surface area contributed by atoms with Gasteiger partial charge in [-0.1, -0.05) is 35.5 Å². The smallest absolute Gasteiger partial charge is 0.417 e. The Morgan fingerprint density at radius 1 is 1.25 bits per heavy atom. The summed E-state index contributed by atoms with van der Waals surface area (Å²) >= 11 is 6.80. The lowest BCUT2D eigenvalue weighted by molar-refractivity contribution is -0.138. The van der Waals surface area contributed by atoms with Gasteiger partial charge in [0, 0.05) is 18.0 Å². The normalized spacial score (nSPS) is 11.8. The van der Waals surface area contributed by atoms with Crippen LogP contribution in [0.3, 0.4) is 0 Å². The first-order valence-corrected chi connectivity index (χ1v) is 10.5. The van der Waals surface area contributed by atoms with Crippen molar-refractivity contribution in [1.82, 2.24) is 14.6 Å². The lowest BCUT2D eigenvalue weighted by atomic mass is 10.2. The molecule has 1 amide bonds. The number of aromatic nitrogens is 3. The van der Waals surface area contributed by atoms with Gasteiger partial charge in [0.25, 0.3) is 0 Å². The van der Waals surface area contributed by atoms with Crippen LogP contribution in [0.5, 0.6) is 0 Å². The van der Waals surface area contributed by atoms with Gasteiger partial charge >= 0.3 is 12.1 Å². The summed E-state index contributed by atoms with van der Waals surface area (Å²) in [6, 6.07) is 7.47. The zero-order valence-corrected chi connectivity index (χ0v) is 18.1. The van der Waals surface area contributed by atoms with Gasteiger partial charge in [-0.3, -0.25) is 9.20 Å². The highest BCUT2D eigenvalue weighted by molar-refractivity contribution is 7.99.